The number of nitrogens with one attached hydrogen (secondary N) is 1. The van der Waals surface area contributed by atoms with Gasteiger partial charge in [-0.1, -0.05) is 93.9 Å². The van der Waals surface area contributed by atoms with Crippen LogP contribution in [-0.4, -0.2) is 23.3 Å². The number of hydrogen-bond acceptors (Lipinski definition) is 3. The molecule has 1 N–H and O–H groups in total. The number of hydrogen-bond donors (Lipinski definition) is 1. The quantitative estimate of drug-likeness (QED) is 0.129. The summed E-state index contributed by atoms with van der Waals surface area (Å²) in [4.78, 5) is 29.1. The zero-order valence-corrected chi connectivity index (χ0v) is 24.5. The van der Waals surface area contributed by atoms with Crippen LogP contribution >= 0.6 is 0 Å². The molecule has 0 aliphatic rings. The Balaban J connectivity index is 1.51. The van der Waals surface area contributed by atoms with Gasteiger partial charge in [-0.2, -0.15) is 0 Å². The van der Waals surface area contributed by atoms with Crippen LogP contribution in [0.3, 0.4) is 0 Å². The summed E-state index contributed by atoms with van der Waals surface area (Å²) in [6, 6.07) is 25.2. The van der Waals surface area contributed by atoms with Crippen molar-refractivity contribution >= 4 is 22.7 Å². The highest BCUT2D eigenvalue weighted by Crippen LogP contribution is 2.29. The lowest BCUT2D eigenvalue weighted by Gasteiger charge is -2.18. The van der Waals surface area contributed by atoms with Crippen LogP contribution in [0.4, 0.5) is 0 Å². The molecular weight excluding hydrogens is 494 g/mol. The number of ketones is 1. The van der Waals surface area contributed by atoms with Crippen molar-refractivity contribution in [1.82, 2.24) is 4.98 Å². The second-order valence-corrected chi connectivity index (χ2v) is 11.2. The number of carbonyl (C=O) groups is 2. The molecule has 1 aromatic heterocycles. The fourth-order valence-corrected chi connectivity index (χ4v) is 5.64. The second-order valence-electron chi connectivity index (χ2n) is 11.2. The van der Waals surface area contributed by atoms with E-state index in [4.69, 9.17) is 4.74 Å². The van der Waals surface area contributed by atoms with Crippen LogP contribution in [0.2, 0.25) is 0 Å². The van der Waals surface area contributed by atoms with Crippen LogP contribution in [0, 0.1) is 5.92 Å². The molecular formula is C36H43NO3. The minimum atomic E-state index is -0.199. The number of benzene rings is 3. The highest BCUT2D eigenvalue weighted by molar-refractivity contribution is 6.17. The van der Waals surface area contributed by atoms with Crippen LogP contribution in [0.1, 0.15) is 97.6 Å². The molecule has 4 rings (SSSR count). The lowest BCUT2D eigenvalue weighted by molar-refractivity contribution is -0.143. The van der Waals surface area contributed by atoms with Gasteiger partial charge in [-0.3, -0.25) is 9.59 Å². The number of ether oxygens (including phenoxy) is 1. The molecule has 40 heavy (non-hydrogen) atoms. The maximum Gasteiger partial charge on any atom is 0.305 e. The summed E-state index contributed by atoms with van der Waals surface area (Å²) in [6.07, 6.45) is 5.91. The van der Waals surface area contributed by atoms with Gasteiger partial charge in [-0.25, -0.2) is 0 Å². The average Bonchev–Trinajstić information content (AvgIpc) is 3.31. The molecule has 4 nitrogen and oxygen atoms in total. The molecule has 1 heterocycles. The fraction of sp³-hybridized carbons (Fsp3) is 0.389. The van der Waals surface area contributed by atoms with Gasteiger partial charge in [0.25, 0.3) is 0 Å². The lowest BCUT2D eigenvalue weighted by Crippen LogP contribution is -2.08. The summed E-state index contributed by atoms with van der Waals surface area (Å²) in [5.74, 6) is 0.929. The minimum absolute atomic E-state index is 0.0148. The Kier molecular flexibility index (Phi) is 10.3. The number of carbonyl (C=O) groups excluding carboxylic acids is 2. The van der Waals surface area contributed by atoms with Gasteiger partial charge in [0, 0.05) is 28.6 Å². The van der Waals surface area contributed by atoms with Gasteiger partial charge in [0.2, 0.25) is 0 Å². The van der Waals surface area contributed by atoms with Gasteiger partial charge >= 0.3 is 5.97 Å². The number of fused-ring (bicyclic) bond motifs is 1. The highest BCUT2D eigenvalue weighted by atomic mass is 16.5. The van der Waals surface area contributed by atoms with E-state index in [1.807, 2.05) is 43.3 Å². The van der Waals surface area contributed by atoms with Crippen molar-refractivity contribution in [3.63, 3.8) is 0 Å². The van der Waals surface area contributed by atoms with Crippen molar-refractivity contribution in [2.45, 2.75) is 78.6 Å². The van der Waals surface area contributed by atoms with Crippen molar-refractivity contribution in [2.75, 3.05) is 6.61 Å². The predicted molar refractivity (Wildman–Crippen MR) is 164 cm³/mol. The number of aromatic nitrogens is 1. The van der Waals surface area contributed by atoms with Gasteiger partial charge in [-0.05, 0) is 73.6 Å². The summed E-state index contributed by atoms with van der Waals surface area (Å²) in [5, 5.41) is 0.923. The van der Waals surface area contributed by atoms with Crippen molar-refractivity contribution < 1.29 is 14.3 Å². The summed E-state index contributed by atoms with van der Waals surface area (Å²) < 4.78 is 5.07. The first-order valence-electron chi connectivity index (χ1n) is 14.9. The molecule has 4 aromatic rings. The van der Waals surface area contributed by atoms with E-state index in [1.165, 1.54) is 16.7 Å². The largest absolute Gasteiger partial charge is 0.466 e. The van der Waals surface area contributed by atoms with E-state index in [9.17, 15) is 9.59 Å². The third-order valence-electron chi connectivity index (χ3n) is 7.55. The van der Waals surface area contributed by atoms with E-state index in [0.717, 1.165) is 42.3 Å². The Morgan fingerprint density at radius 2 is 1.52 bits per heavy atom. The normalized spacial score (nSPS) is 12.1. The molecule has 0 bridgehead atoms. The van der Waals surface area contributed by atoms with Crippen LogP contribution in [0.5, 0.6) is 0 Å². The molecule has 0 saturated heterocycles. The van der Waals surface area contributed by atoms with Crippen molar-refractivity contribution in [3.8, 4) is 0 Å². The van der Waals surface area contributed by atoms with Gasteiger partial charge in [0.15, 0.2) is 5.78 Å². The summed E-state index contributed by atoms with van der Waals surface area (Å²) in [7, 11) is 0. The second kappa shape index (κ2) is 14.1. The third-order valence-corrected chi connectivity index (χ3v) is 7.55. The van der Waals surface area contributed by atoms with Gasteiger partial charge in [0.1, 0.15) is 0 Å². The Hall–Kier alpha value is -3.66. The molecule has 0 aliphatic carbocycles. The van der Waals surface area contributed by atoms with Crippen molar-refractivity contribution in [1.29, 1.82) is 0 Å². The SMILES string of the molecule is CCCC(Cc1ccc(C(=O)c2c(CCCC(=O)OCC)[nH]c3ccccc23)cc1)c1ccc(CC(C)C)cc1. The molecule has 0 amide bonds. The van der Waals surface area contributed by atoms with E-state index in [0.29, 0.717) is 48.8 Å². The maximum atomic E-state index is 13.8. The van der Waals surface area contributed by atoms with Gasteiger partial charge in [0.05, 0.1) is 12.2 Å². The van der Waals surface area contributed by atoms with Gasteiger partial charge < -0.3 is 9.72 Å². The summed E-state index contributed by atoms with van der Waals surface area (Å²) in [6.45, 7) is 8.95. The Bertz CT molecular complexity index is 1400. The first-order valence-corrected chi connectivity index (χ1v) is 14.9. The van der Waals surface area contributed by atoms with E-state index < -0.39 is 0 Å². The Labute approximate surface area is 239 Å². The molecule has 1 atom stereocenters. The van der Waals surface area contributed by atoms with E-state index in [2.05, 4.69) is 62.2 Å². The predicted octanol–water partition coefficient (Wildman–Crippen LogP) is 8.61. The Morgan fingerprint density at radius 3 is 2.20 bits per heavy atom. The number of para-hydroxylation sites is 1. The molecule has 0 saturated carbocycles. The van der Waals surface area contributed by atoms with Crippen LogP contribution in [-0.2, 0) is 28.8 Å². The lowest BCUT2D eigenvalue weighted by atomic mass is 9.87. The van der Waals surface area contributed by atoms with Crippen molar-refractivity contribution in [2.24, 2.45) is 5.92 Å². The van der Waals surface area contributed by atoms with Crippen LogP contribution in [0.15, 0.2) is 72.8 Å². The standard InChI is InChI=1S/C36H43NO3/c1-5-10-30(28-19-15-26(16-20-28)23-25(3)4)24-27-17-21-29(22-18-27)36(39)35-31-11-7-8-12-32(31)37-33(35)13-9-14-34(38)40-6-2/h7-8,11-12,15-22,25,30,37H,5-6,9-10,13-14,23-24H2,1-4H3. The molecule has 210 valence electrons. The molecule has 0 radical (unpaired) electrons. The molecule has 0 spiro atoms. The molecule has 1 unspecified atom stereocenters. The first kappa shape index (κ1) is 29.3. The fourth-order valence-electron chi connectivity index (χ4n) is 5.64. The van der Waals surface area contributed by atoms with Gasteiger partial charge in [-0.15, -0.1) is 0 Å². The zero-order valence-electron chi connectivity index (χ0n) is 24.5. The summed E-state index contributed by atoms with van der Waals surface area (Å²) in [5.41, 5.74) is 7.24. The Morgan fingerprint density at radius 1 is 0.850 bits per heavy atom. The average molecular weight is 538 g/mol. The van der Waals surface area contributed by atoms with Crippen LogP contribution < -0.4 is 0 Å². The maximum absolute atomic E-state index is 13.8. The first-order chi connectivity index (χ1) is 19.4. The highest BCUT2D eigenvalue weighted by Gasteiger charge is 2.20. The number of rotatable bonds is 14. The van der Waals surface area contributed by atoms with E-state index in [-0.39, 0.29) is 11.8 Å². The smallest absolute Gasteiger partial charge is 0.305 e. The zero-order chi connectivity index (χ0) is 28.5. The molecule has 4 heteroatoms. The number of esters is 1. The number of H-pyrrole nitrogens is 1. The number of aryl methyl sites for hydroxylation is 1. The molecule has 0 fully saturated rings. The summed E-state index contributed by atoms with van der Waals surface area (Å²) >= 11 is 0. The van der Waals surface area contributed by atoms with Crippen molar-refractivity contribution in [3.05, 3.63) is 106 Å². The van der Waals surface area contributed by atoms with Crippen LogP contribution in [0.25, 0.3) is 10.9 Å². The monoisotopic (exact) mass is 537 g/mol. The molecule has 0 aliphatic heterocycles. The third kappa shape index (κ3) is 7.50. The number of aromatic amines is 1. The van der Waals surface area contributed by atoms with E-state index >= 15 is 0 Å². The topological polar surface area (TPSA) is 59.2 Å². The molecule has 3 aromatic carbocycles. The minimum Gasteiger partial charge on any atom is -0.466 e. The van der Waals surface area contributed by atoms with E-state index in [1.54, 1.807) is 0 Å².